The Bertz CT molecular complexity index is 646. The van der Waals surface area contributed by atoms with E-state index in [1.54, 1.807) is 0 Å². The highest BCUT2D eigenvalue weighted by Gasteiger charge is 2.33. The molecule has 0 radical (unpaired) electrons. The van der Waals surface area contributed by atoms with Crippen molar-refractivity contribution in [3.63, 3.8) is 0 Å². The smallest absolute Gasteiger partial charge is 0.336 e. The summed E-state index contributed by atoms with van der Waals surface area (Å²) in [6.45, 7) is 1.27. The van der Waals surface area contributed by atoms with Gasteiger partial charge in [-0.2, -0.15) is 13.2 Å². The van der Waals surface area contributed by atoms with E-state index in [0.29, 0.717) is 12.8 Å². The molecule has 1 saturated heterocycles. The standard InChI is InChI=1S/C16H19ClF3N3O2/c1-23(15(25)10-4-6-21-7-5-10)9-14(24)22-11-2-3-13(17)12(8-11)16(18,19)20/h2-3,8,10,21H,4-7,9H2,1H3,(H,22,24). The molecule has 1 heterocycles. The molecule has 0 aromatic heterocycles. The van der Waals surface area contributed by atoms with Crippen LogP contribution in [-0.2, 0) is 15.8 Å². The molecule has 25 heavy (non-hydrogen) atoms. The minimum Gasteiger partial charge on any atom is -0.336 e. The number of piperidine rings is 1. The van der Waals surface area contributed by atoms with Crippen LogP contribution in [0.4, 0.5) is 18.9 Å². The Morgan fingerprint density at radius 3 is 2.56 bits per heavy atom. The van der Waals surface area contributed by atoms with Crippen LogP contribution in [0, 0.1) is 5.92 Å². The summed E-state index contributed by atoms with van der Waals surface area (Å²) in [5.74, 6) is -0.838. The molecule has 0 atom stereocenters. The fourth-order valence-electron chi connectivity index (χ4n) is 2.69. The average molecular weight is 378 g/mol. The third-order valence-electron chi connectivity index (χ3n) is 4.00. The first-order valence-electron chi connectivity index (χ1n) is 7.81. The first-order chi connectivity index (χ1) is 11.7. The second-order valence-corrected chi connectivity index (χ2v) is 6.37. The average Bonchev–Trinajstić information content (AvgIpc) is 2.55. The molecule has 138 valence electrons. The molecular formula is C16H19ClF3N3O2. The Balaban J connectivity index is 1.96. The largest absolute Gasteiger partial charge is 0.417 e. The maximum absolute atomic E-state index is 12.8. The zero-order valence-corrected chi connectivity index (χ0v) is 14.4. The van der Waals surface area contributed by atoms with Gasteiger partial charge < -0.3 is 15.5 Å². The molecule has 5 nitrogen and oxygen atoms in total. The van der Waals surface area contributed by atoms with E-state index in [0.717, 1.165) is 25.2 Å². The normalized spacial score (nSPS) is 15.7. The number of carbonyl (C=O) groups excluding carboxylic acids is 2. The SMILES string of the molecule is CN(CC(=O)Nc1ccc(Cl)c(C(F)(F)F)c1)C(=O)C1CCNCC1. The van der Waals surface area contributed by atoms with Crippen molar-refractivity contribution in [3.05, 3.63) is 28.8 Å². The number of amides is 2. The molecule has 9 heteroatoms. The number of nitrogens with one attached hydrogen (secondary N) is 2. The first-order valence-corrected chi connectivity index (χ1v) is 8.18. The molecule has 0 bridgehead atoms. The Morgan fingerprint density at radius 2 is 1.96 bits per heavy atom. The topological polar surface area (TPSA) is 61.4 Å². The minimum absolute atomic E-state index is 0.0237. The van der Waals surface area contributed by atoms with Crippen molar-refractivity contribution in [1.29, 1.82) is 0 Å². The van der Waals surface area contributed by atoms with E-state index in [1.807, 2.05) is 0 Å². The number of hydrogen-bond acceptors (Lipinski definition) is 3. The fraction of sp³-hybridized carbons (Fsp3) is 0.500. The predicted octanol–water partition coefficient (Wildman–Crippen LogP) is 2.76. The molecule has 1 aromatic rings. The van der Waals surface area contributed by atoms with Crippen molar-refractivity contribution >= 4 is 29.1 Å². The lowest BCUT2D eigenvalue weighted by atomic mass is 9.97. The van der Waals surface area contributed by atoms with Gasteiger partial charge in [0.2, 0.25) is 11.8 Å². The Hall–Kier alpha value is -1.80. The summed E-state index contributed by atoms with van der Waals surface area (Å²) in [4.78, 5) is 25.6. The van der Waals surface area contributed by atoms with Crippen molar-refractivity contribution < 1.29 is 22.8 Å². The fourth-order valence-corrected chi connectivity index (χ4v) is 2.92. The van der Waals surface area contributed by atoms with E-state index in [2.05, 4.69) is 10.6 Å². The number of anilines is 1. The summed E-state index contributed by atoms with van der Waals surface area (Å²) in [5.41, 5.74) is -1.05. The van der Waals surface area contributed by atoms with Crippen LogP contribution in [0.1, 0.15) is 18.4 Å². The van der Waals surface area contributed by atoms with Crippen molar-refractivity contribution in [3.8, 4) is 0 Å². The van der Waals surface area contributed by atoms with Crippen LogP contribution in [0.3, 0.4) is 0 Å². The third kappa shape index (κ3) is 5.34. The van der Waals surface area contributed by atoms with Crippen LogP contribution < -0.4 is 10.6 Å². The van der Waals surface area contributed by atoms with Gasteiger partial charge in [0.1, 0.15) is 0 Å². The van der Waals surface area contributed by atoms with E-state index < -0.39 is 22.7 Å². The summed E-state index contributed by atoms with van der Waals surface area (Å²) in [7, 11) is 1.51. The Morgan fingerprint density at radius 1 is 1.32 bits per heavy atom. The third-order valence-corrected chi connectivity index (χ3v) is 4.33. The lowest BCUT2D eigenvalue weighted by Gasteiger charge is -2.26. The zero-order chi connectivity index (χ0) is 18.6. The zero-order valence-electron chi connectivity index (χ0n) is 13.6. The lowest BCUT2D eigenvalue weighted by molar-refractivity contribution is -0.137. The second-order valence-electron chi connectivity index (χ2n) is 5.96. The highest BCUT2D eigenvalue weighted by molar-refractivity contribution is 6.31. The van der Waals surface area contributed by atoms with Gasteiger partial charge in [0.15, 0.2) is 0 Å². The number of rotatable bonds is 4. The highest BCUT2D eigenvalue weighted by Crippen LogP contribution is 2.36. The number of nitrogens with zero attached hydrogens (tertiary/aromatic N) is 1. The van der Waals surface area contributed by atoms with Gasteiger partial charge >= 0.3 is 6.18 Å². The van der Waals surface area contributed by atoms with Crippen LogP contribution in [-0.4, -0.2) is 43.4 Å². The van der Waals surface area contributed by atoms with E-state index in [9.17, 15) is 22.8 Å². The maximum atomic E-state index is 12.8. The van der Waals surface area contributed by atoms with E-state index in [-0.39, 0.29) is 24.1 Å². The van der Waals surface area contributed by atoms with Crippen molar-refractivity contribution in [2.24, 2.45) is 5.92 Å². The van der Waals surface area contributed by atoms with Crippen molar-refractivity contribution in [2.45, 2.75) is 19.0 Å². The number of alkyl halides is 3. The quantitative estimate of drug-likeness (QED) is 0.848. The number of hydrogen-bond donors (Lipinski definition) is 2. The maximum Gasteiger partial charge on any atom is 0.417 e. The minimum atomic E-state index is -4.61. The predicted molar refractivity (Wildman–Crippen MR) is 88.3 cm³/mol. The molecule has 1 aliphatic heterocycles. The summed E-state index contributed by atoms with van der Waals surface area (Å²) in [6.07, 6.45) is -3.20. The van der Waals surface area contributed by atoms with Gasteiger partial charge in [-0.25, -0.2) is 0 Å². The summed E-state index contributed by atoms with van der Waals surface area (Å²) in [5, 5.41) is 5.08. The number of benzene rings is 1. The Kier molecular flexibility index (Phi) is 6.29. The number of carbonyl (C=O) groups is 2. The van der Waals surface area contributed by atoms with Crippen LogP contribution in [0.15, 0.2) is 18.2 Å². The molecule has 1 aromatic carbocycles. The lowest BCUT2D eigenvalue weighted by Crippen LogP contribution is -2.42. The molecule has 0 aliphatic carbocycles. The molecule has 1 aliphatic rings. The number of likely N-dealkylation sites (N-methyl/N-ethyl adjacent to an activating group) is 1. The van der Waals surface area contributed by atoms with Crippen LogP contribution in [0.5, 0.6) is 0 Å². The van der Waals surface area contributed by atoms with Crippen molar-refractivity contribution in [2.75, 3.05) is 32.0 Å². The van der Waals surface area contributed by atoms with Crippen molar-refractivity contribution in [1.82, 2.24) is 10.2 Å². The highest BCUT2D eigenvalue weighted by atomic mass is 35.5. The first kappa shape index (κ1) is 19.5. The molecular weight excluding hydrogens is 359 g/mol. The van der Waals surface area contributed by atoms with Crippen LogP contribution >= 0.6 is 11.6 Å². The van der Waals surface area contributed by atoms with Gasteiger partial charge in [-0.1, -0.05) is 11.6 Å². The van der Waals surface area contributed by atoms with Gasteiger partial charge in [-0.05, 0) is 44.1 Å². The molecule has 2 amide bonds. The van der Waals surface area contributed by atoms with Gasteiger partial charge in [0, 0.05) is 18.7 Å². The summed E-state index contributed by atoms with van der Waals surface area (Å²) < 4.78 is 38.5. The molecule has 2 rings (SSSR count). The molecule has 0 unspecified atom stereocenters. The molecule has 0 saturated carbocycles. The second kappa shape index (κ2) is 8.05. The van der Waals surface area contributed by atoms with E-state index >= 15 is 0 Å². The van der Waals surface area contributed by atoms with E-state index in [4.69, 9.17) is 11.6 Å². The summed E-state index contributed by atoms with van der Waals surface area (Å²) >= 11 is 5.54. The van der Waals surface area contributed by atoms with Gasteiger partial charge in [0.25, 0.3) is 0 Å². The van der Waals surface area contributed by atoms with Gasteiger partial charge in [-0.15, -0.1) is 0 Å². The van der Waals surface area contributed by atoms with E-state index in [1.165, 1.54) is 18.0 Å². The molecule has 1 fully saturated rings. The Labute approximate surface area is 148 Å². The molecule has 0 spiro atoms. The monoisotopic (exact) mass is 377 g/mol. The van der Waals surface area contributed by atoms with Crippen LogP contribution in [0.2, 0.25) is 5.02 Å². The van der Waals surface area contributed by atoms with Gasteiger partial charge in [0.05, 0.1) is 17.1 Å². The number of halogens is 4. The van der Waals surface area contributed by atoms with Crippen LogP contribution in [0.25, 0.3) is 0 Å². The van der Waals surface area contributed by atoms with Gasteiger partial charge in [-0.3, -0.25) is 9.59 Å². The molecule has 2 N–H and O–H groups in total. The summed E-state index contributed by atoms with van der Waals surface area (Å²) in [6, 6.07) is 3.13.